The van der Waals surface area contributed by atoms with Crippen molar-refractivity contribution < 1.29 is 14.3 Å². The Hall–Kier alpha value is -2.38. The number of aryl methyl sites for hydroxylation is 1. The number of nitrogens with zero attached hydrogens (tertiary/aromatic N) is 2. The molecule has 0 bridgehead atoms. The number of rotatable bonds is 5. The van der Waals surface area contributed by atoms with Gasteiger partial charge < -0.3 is 15.0 Å². The molecular formula is C18H21ClN4O3. The maximum atomic E-state index is 12.7. The van der Waals surface area contributed by atoms with Crippen molar-refractivity contribution in [1.29, 1.82) is 0 Å². The highest BCUT2D eigenvalue weighted by Crippen LogP contribution is 2.15. The molecule has 1 atom stereocenters. The van der Waals surface area contributed by atoms with E-state index in [0.717, 1.165) is 11.3 Å². The third-order valence-corrected chi connectivity index (χ3v) is 4.45. The van der Waals surface area contributed by atoms with Gasteiger partial charge in [0.25, 0.3) is 5.91 Å². The Labute approximate surface area is 156 Å². The minimum absolute atomic E-state index is 0.142. The molecule has 138 valence electrons. The van der Waals surface area contributed by atoms with Crippen LogP contribution in [-0.2, 0) is 16.1 Å². The Morgan fingerprint density at radius 2 is 2.27 bits per heavy atom. The molecule has 8 heteroatoms. The predicted octanol–water partition coefficient (Wildman–Crippen LogP) is 1.92. The Kier molecular flexibility index (Phi) is 5.90. The van der Waals surface area contributed by atoms with E-state index in [2.05, 4.69) is 15.5 Å². The number of nitrogens with one attached hydrogen (secondary N) is 2. The van der Waals surface area contributed by atoms with Gasteiger partial charge in [-0.05, 0) is 30.7 Å². The minimum Gasteiger partial charge on any atom is -0.377 e. The van der Waals surface area contributed by atoms with Gasteiger partial charge in [0.15, 0.2) is 0 Å². The van der Waals surface area contributed by atoms with Gasteiger partial charge in [0, 0.05) is 30.2 Å². The number of benzene rings is 1. The van der Waals surface area contributed by atoms with E-state index in [0.29, 0.717) is 37.0 Å². The summed E-state index contributed by atoms with van der Waals surface area (Å²) >= 11 is 5.95. The van der Waals surface area contributed by atoms with Crippen LogP contribution in [0, 0.1) is 6.92 Å². The van der Waals surface area contributed by atoms with E-state index in [-0.39, 0.29) is 24.3 Å². The summed E-state index contributed by atoms with van der Waals surface area (Å²) < 4.78 is 5.46. The zero-order valence-corrected chi connectivity index (χ0v) is 15.3. The summed E-state index contributed by atoms with van der Waals surface area (Å²) in [6, 6.07) is 8.71. The largest absolute Gasteiger partial charge is 0.377 e. The zero-order chi connectivity index (χ0) is 18.5. The maximum Gasteiger partial charge on any atom is 0.274 e. The van der Waals surface area contributed by atoms with Crippen molar-refractivity contribution in [3.63, 3.8) is 0 Å². The minimum atomic E-state index is -0.312. The number of ether oxygens (including phenoxy) is 1. The van der Waals surface area contributed by atoms with Crippen LogP contribution >= 0.6 is 11.6 Å². The molecule has 1 unspecified atom stereocenters. The summed E-state index contributed by atoms with van der Waals surface area (Å²) in [7, 11) is 0. The average molecular weight is 377 g/mol. The molecule has 1 saturated heterocycles. The van der Waals surface area contributed by atoms with E-state index < -0.39 is 0 Å². The Morgan fingerprint density at radius 1 is 1.42 bits per heavy atom. The molecule has 1 aliphatic rings. The molecule has 1 aromatic carbocycles. The molecule has 1 aliphatic heterocycles. The van der Waals surface area contributed by atoms with E-state index in [9.17, 15) is 9.59 Å². The van der Waals surface area contributed by atoms with Crippen LogP contribution in [-0.4, -0.2) is 52.7 Å². The van der Waals surface area contributed by atoms with Gasteiger partial charge >= 0.3 is 0 Å². The van der Waals surface area contributed by atoms with Crippen LogP contribution in [0.5, 0.6) is 0 Å². The fourth-order valence-corrected chi connectivity index (χ4v) is 3.11. The molecule has 2 aromatic rings. The van der Waals surface area contributed by atoms with Crippen molar-refractivity contribution in [2.75, 3.05) is 19.8 Å². The monoisotopic (exact) mass is 376 g/mol. The first kappa shape index (κ1) is 18.4. The van der Waals surface area contributed by atoms with Gasteiger partial charge in [-0.15, -0.1) is 0 Å². The van der Waals surface area contributed by atoms with Crippen molar-refractivity contribution in [2.24, 2.45) is 0 Å². The van der Waals surface area contributed by atoms with Gasteiger partial charge in [-0.2, -0.15) is 5.10 Å². The average Bonchev–Trinajstić information content (AvgIpc) is 3.06. The first-order chi connectivity index (χ1) is 12.5. The number of H-pyrrole nitrogens is 1. The van der Waals surface area contributed by atoms with Gasteiger partial charge in [-0.25, -0.2) is 0 Å². The number of morpholine rings is 1. The van der Waals surface area contributed by atoms with Crippen LogP contribution in [0.3, 0.4) is 0 Å². The van der Waals surface area contributed by atoms with Crippen molar-refractivity contribution >= 4 is 23.4 Å². The fourth-order valence-electron chi connectivity index (χ4n) is 2.90. The number of hydrogen-bond acceptors (Lipinski definition) is 4. The topological polar surface area (TPSA) is 87.3 Å². The molecular weight excluding hydrogens is 356 g/mol. The third-order valence-electron chi connectivity index (χ3n) is 4.21. The smallest absolute Gasteiger partial charge is 0.274 e. The fraction of sp³-hybridized carbons (Fsp3) is 0.389. The number of carbonyl (C=O) groups excluding carboxylic acids is 2. The highest BCUT2D eigenvalue weighted by molar-refractivity contribution is 6.30. The van der Waals surface area contributed by atoms with Crippen molar-refractivity contribution in [1.82, 2.24) is 20.4 Å². The SMILES string of the molecule is Cc1cc(C(=O)N2CCOCC2CC(=O)NCc2cccc(Cl)c2)n[nH]1. The summed E-state index contributed by atoms with van der Waals surface area (Å²) in [5.41, 5.74) is 2.09. The number of hydrogen-bond donors (Lipinski definition) is 2. The predicted molar refractivity (Wildman–Crippen MR) is 96.9 cm³/mol. The van der Waals surface area contributed by atoms with E-state index >= 15 is 0 Å². The van der Waals surface area contributed by atoms with Crippen LogP contribution in [0.25, 0.3) is 0 Å². The molecule has 0 spiro atoms. The summed E-state index contributed by atoms with van der Waals surface area (Å²) in [6.07, 6.45) is 0.176. The van der Waals surface area contributed by atoms with E-state index in [4.69, 9.17) is 16.3 Å². The second-order valence-electron chi connectivity index (χ2n) is 6.27. The second kappa shape index (κ2) is 8.33. The van der Waals surface area contributed by atoms with Crippen LogP contribution in [0.15, 0.2) is 30.3 Å². The lowest BCUT2D eigenvalue weighted by atomic mass is 10.1. The summed E-state index contributed by atoms with van der Waals surface area (Å²) in [6.45, 7) is 3.45. The molecule has 0 saturated carbocycles. The molecule has 7 nitrogen and oxygen atoms in total. The lowest BCUT2D eigenvalue weighted by Crippen LogP contribution is -2.50. The van der Waals surface area contributed by atoms with Crippen molar-refractivity contribution in [3.8, 4) is 0 Å². The van der Waals surface area contributed by atoms with Gasteiger partial charge in [-0.3, -0.25) is 14.7 Å². The quantitative estimate of drug-likeness (QED) is 0.834. The molecule has 3 rings (SSSR count). The lowest BCUT2D eigenvalue weighted by Gasteiger charge is -2.34. The maximum absolute atomic E-state index is 12.7. The molecule has 1 aromatic heterocycles. The van der Waals surface area contributed by atoms with Crippen LogP contribution in [0.4, 0.5) is 0 Å². The highest BCUT2D eigenvalue weighted by atomic mass is 35.5. The van der Waals surface area contributed by atoms with Crippen LogP contribution in [0.1, 0.15) is 28.2 Å². The van der Waals surface area contributed by atoms with E-state index in [1.165, 1.54) is 0 Å². The number of aromatic nitrogens is 2. The Balaban J connectivity index is 1.59. The molecule has 2 amide bonds. The van der Waals surface area contributed by atoms with Crippen molar-refractivity contribution in [3.05, 3.63) is 52.3 Å². The van der Waals surface area contributed by atoms with Gasteiger partial charge in [0.05, 0.1) is 19.3 Å². The molecule has 0 aliphatic carbocycles. The molecule has 1 fully saturated rings. The van der Waals surface area contributed by atoms with Crippen LogP contribution < -0.4 is 5.32 Å². The highest BCUT2D eigenvalue weighted by Gasteiger charge is 2.30. The van der Waals surface area contributed by atoms with Crippen molar-refractivity contribution in [2.45, 2.75) is 25.9 Å². The van der Waals surface area contributed by atoms with Gasteiger partial charge in [0.1, 0.15) is 5.69 Å². The summed E-state index contributed by atoms with van der Waals surface area (Å²) in [5, 5.41) is 10.3. The molecule has 0 radical (unpaired) electrons. The number of halogens is 1. The molecule has 2 heterocycles. The Morgan fingerprint density at radius 3 is 3.00 bits per heavy atom. The normalized spacial score (nSPS) is 17.2. The second-order valence-corrected chi connectivity index (χ2v) is 6.71. The standard InChI is InChI=1S/C18H21ClN4O3/c1-12-7-16(22-21-12)18(25)23-5-6-26-11-15(23)9-17(24)20-10-13-3-2-4-14(19)8-13/h2-4,7-8,15H,5-6,9-11H2,1H3,(H,20,24)(H,21,22). The first-order valence-electron chi connectivity index (χ1n) is 8.45. The molecule has 2 N–H and O–H groups in total. The lowest BCUT2D eigenvalue weighted by molar-refractivity contribution is -0.123. The number of aromatic amines is 1. The summed E-state index contributed by atoms with van der Waals surface area (Å²) in [5.74, 6) is -0.332. The van der Waals surface area contributed by atoms with E-state index in [1.807, 2.05) is 19.1 Å². The number of carbonyl (C=O) groups is 2. The van der Waals surface area contributed by atoms with Gasteiger partial charge in [0.2, 0.25) is 5.91 Å². The number of amides is 2. The first-order valence-corrected chi connectivity index (χ1v) is 8.82. The van der Waals surface area contributed by atoms with Crippen LogP contribution in [0.2, 0.25) is 5.02 Å². The Bertz CT molecular complexity index is 792. The third kappa shape index (κ3) is 4.62. The summed E-state index contributed by atoms with van der Waals surface area (Å²) in [4.78, 5) is 26.6. The van der Waals surface area contributed by atoms with Gasteiger partial charge in [-0.1, -0.05) is 23.7 Å². The van der Waals surface area contributed by atoms with E-state index in [1.54, 1.807) is 23.1 Å². The zero-order valence-electron chi connectivity index (χ0n) is 14.5. The molecule has 26 heavy (non-hydrogen) atoms.